The first-order chi connectivity index (χ1) is 9.24. The van der Waals surface area contributed by atoms with Gasteiger partial charge in [-0.1, -0.05) is 0 Å². The van der Waals surface area contributed by atoms with E-state index in [4.69, 9.17) is 0 Å². The molecule has 1 aliphatic carbocycles. The number of hydrogen-bond donors (Lipinski definition) is 1. The summed E-state index contributed by atoms with van der Waals surface area (Å²) in [4.78, 5) is 29.6. The Morgan fingerprint density at radius 1 is 1.47 bits per heavy atom. The van der Waals surface area contributed by atoms with Crippen molar-refractivity contribution < 1.29 is 9.59 Å². The van der Waals surface area contributed by atoms with Crippen molar-refractivity contribution in [3.8, 4) is 0 Å². The summed E-state index contributed by atoms with van der Waals surface area (Å²) in [6.07, 6.45) is 7.86. The Morgan fingerprint density at radius 3 is 3.00 bits per heavy atom. The van der Waals surface area contributed by atoms with E-state index in [1.165, 1.54) is 0 Å². The molecule has 2 amide bonds. The summed E-state index contributed by atoms with van der Waals surface area (Å²) in [6.45, 7) is 1.88. The maximum atomic E-state index is 12.0. The SMILES string of the molecule is O=C(NCCn1ccnc1)[C@H]1CC(=O)N(C2CC2)C1. The average molecular weight is 262 g/mol. The molecular formula is C13H18N4O2. The number of imidazole rings is 1. The summed E-state index contributed by atoms with van der Waals surface area (Å²) in [7, 11) is 0. The molecule has 0 bridgehead atoms. The molecule has 6 heteroatoms. The molecule has 19 heavy (non-hydrogen) atoms. The van der Waals surface area contributed by atoms with Gasteiger partial charge in [0.05, 0.1) is 12.2 Å². The number of rotatable bonds is 5. The molecule has 0 unspecified atom stereocenters. The number of nitrogens with one attached hydrogen (secondary N) is 1. The molecule has 6 nitrogen and oxygen atoms in total. The number of nitrogens with zero attached hydrogens (tertiary/aromatic N) is 3. The molecule has 1 aromatic rings. The van der Waals surface area contributed by atoms with Crippen molar-refractivity contribution in [1.82, 2.24) is 19.8 Å². The van der Waals surface area contributed by atoms with E-state index >= 15 is 0 Å². The highest BCUT2D eigenvalue weighted by atomic mass is 16.2. The van der Waals surface area contributed by atoms with E-state index < -0.39 is 0 Å². The Bertz CT molecular complexity index is 467. The molecule has 3 rings (SSSR count). The van der Waals surface area contributed by atoms with Gasteiger partial charge >= 0.3 is 0 Å². The summed E-state index contributed by atoms with van der Waals surface area (Å²) in [5.74, 6) is -0.0373. The number of amides is 2. The highest BCUT2D eigenvalue weighted by Crippen LogP contribution is 2.32. The fourth-order valence-electron chi connectivity index (χ4n) is 2.52. The van der Waals surface area contributed by atoms with Gasteiger partial charge in [-0.05, 0) is 12.8 Å². The first-order valence-electron chi connectivity index (χ1n) is 6.77. The zero-order chi connectivity index (χ0) is 13.2. The molecule has 1 aromatic heterocycles. The fraction of sp³-hybridized carbons (Fsp3) is 0.615. The monoisotopic (exact) mass is 262 g/mol. The lowest BCUT2D eigenvalue weighted by atomic mass is 10.1. The molecule has 0 spiro atoms. The lowest BCUT2D eigenvalue weighted by Gasteiger charge is -2.15. The van der Waals surface area contributed by atoms with Crippen LogP contribution in [0.5, 0.6) is 0 Å². The molecule has 2 heterocycles. The zero-order valence-corrected chi connectivity index (χ0v) is 10.8. The van der Waals surface area contributed by atoms with Gasteiger partial charge < -0.3 is 14.8 Å². The Kier molecular flexibility index (Phi) is 3.23. The van der Waals surface area contributed by atoms with Crippen molar-refractivity contribution in [2.75, 3.05) is 13.1 Å². The van der Waals surface area contributed by atoms with Gasteiger partial charge in [0.1, 0.15) is 0 Å². The van der Waals surface area contributed by atoms with Gasteiger partial charge in [0.25, 0.3) is 0 Å². The minimum atomic E-state index is -0.170. The van der Waals surface area contributed by atoms with Crippen LogP contribution in [0.2, 0.25) is 0 Å². The summed E-state index contributed by atoms with van der Waals surface area (Å²) in [5, 5.41) is 2.90. The van der Waals surface area contributed by atoms with E-state index in [0.717, 1.165) is 12.8 Å². The molecule has 1 aliphatic heterocycles. The van der Waals surface area contributed by atoms with Gasteiger partial charge in [0.15, 0.2) is 0 Å². The van der Waals surface area contributed by atoms with E-state index in [1.54, 1.807) is 12.5 Å². The molecule has 2 fully saturated rings. The van der Waals surface area contributed by atoms with Crippen molar-refractivity contribution in [1.29, 1.82) is 0 Å². The number of aromatic nitrogens is 2. The van der Waals surface area contributed by atoms with E-state index in [1.807, 2.05) is 15.7 Å². The summed E-state index contributed by atoms with van der Waals surface area (Å²) in [5.41, 5.74) is 0. The lowest BCUT2D eigenvalue weighted by molar-refractivity contribution is -0.129. The van der Waals surface area contributed by atoms with Crippen LogP contribution in [-0.2, 0) is 16.1 Å². The van der Waals surface area contributed by atoms with E-state index in [2.05, 4.69) is 10.3 Å². The number of carbonyl (C=O) groups excluding carboxylic acids is 2. The van der Waals surface area contributed by atoms with Crippen LogP contribution < -0.4 is 5.32 Å². The largest absolute Gasteiger partial charge is 0.354 e. The summed E-state index contributed by atoms with van der Waals surface area (Å²) >= 11 is 0. The second-order valence-corrected chi connectivity index (χ2v) is 5.27. The van der Waals surface area contributed by atoms with Crippen LogP contribution in [0.3, 0.4) is 0 Å². The van der Waals surface area contributed by atoms with Gasteiger partial charge in [-0.3, -0.25) is 9.59 Å². The molecule has 1 N–H and O–H groups in total. The van der Waals surface area contributed by atoms with Crippen LogP contribution >= 0.6 is 0 Å². The lowest BCUT2D eigenvalue weighted by Crippen LogP contribution is -2.35. The zero-order valence-electron chi connectivity index (χ0n) is 10.8. The van der Waals surface area contributed by atoms with Gasteiger partial charge in [-0.15, -0.1) is 0 Å². The summed E-state index contributed by atoms with van der Waals surface area (Å²) in [6, 6.07) is 0.413. The van der Waals surface area contributed by atoms with Gasteiger partial charge in [0, 0.05) is 44.5 Å². The number of hydrogen-bond acceptors (Lipinski definition) is 3. The normalized spacial score (nSPS) is 22.8. The van der Waals surface area contributed by atoms with Crippen molar-refractivity contribution in [3.63, 3.8) is 0 Å². The topological polar surface area (TPSA) is 67.2 Å². The van der Waals surface area contributed by atoms with Crippen LogP contribution in [0.25, 0.3) is 0 Å². The van der Waals surface area contributed by atoms with E-state index in [9.17, 15) is 9.59 Å². The molecule has 2 aliphatic rings. The smallest absolute Gasteiger partial charge is 0.225 e. The second kappa shape index (κ2) is 5.03. The van der Waals surface area contributed by atoms with Crippen LogP contribution in [0, 0.1) is 5.92 Å². The number of carbonyl (C=O) groups is 2. The van der Waals surface area contributed by atoms with Gasteiger partial charge in [-0.25, -0.2) is 4.98 Å². The average Bonchev–Trinajstić information content (AvgIpc) is 2.96. The highest BCUT2D eigenvalue weighted by molar-refractivity contribution is 5.89. The first kappa shape index (κ1) is 12.2. The van der Waals surface area contributed by atoms with Crippen molar-refractivity contribution in [2.24, 2.45) is 5.92 Å². The third-order valence-electron chi connectivity index (χ3n) is 3.75. The molecular weight excluding hydrogens is 244 g/mol. The third kappa shape index (κ3) is 2.77. The van der Waals surface area contributed by atoms with Crippen LogP contribution in [0.1, 0.15) is 19.3 Å². The predicted octanol–water partition coefficient (Wildman–Crippen LogP) is 0.0102. The van der Waals surface area contributed by atoms with Crippen LogP contribution in [-0.4, -0.2) is 45.4 Å². The Hall–Kier alpha value is -1.85. The molecule has 102 valence electrons. The van der Waals surface area contributed by atoms with Gasteiger partial charge in [-0.2, -0.15) is 0 Å². The van der Waals surface area contributed by atoms with Gasteiger partial charge in [0.2, 0.25) is 11.8 Å². The standard InChI is InChI=1S/C13H18N4O2/c18-12-7-10(8-17(12)11-1-2-11)13(19)15-4-6-16-5-3-14-9-16/h3,5,9-11H,1-2,4,6-8H2,(H,15,19)/t10-/m0/s1. The minimum absolute atomic E-state index is 0.00313. The Balaban J connectivity index is 1.44. The molecule has 0 radical (unpaired) electrons. The summed E-state index contributed by atoms with van der Waals surface area (Å²) < 4.78 is 1.91. The van der Waals surface area contributed by atoms with E-state index in [0.29, 0.717) is 32.1 Å². The van der Waals surface area contributed by atoms with Crippen LogP contribution in [0.4, 0.5) is 0 Å². The maximum Gasteiger partial charge on any atom is 0.225 e. The minimum Gasteiger partial charge on any atom is -0.354 e. The van der Waals surface area contributed by atoms with Crippen molar-refractivity contribution in [3.05, 3.63) is 18.7 Å². The van der Waals surface area contributed by atoms with Crippen molar-refractivity contribution >= 4 is 11.8 Å². The Morgan fingerprint density at radius 2 is 2.32 bits per heavy atom. The highest BCUT2D eigenvalue weighted by Gasteiger charge is 2.41. The third-order valence-corrected chi connectivity index (χ3v) is 3.75. The predicted molar refractivity (Wildman–Crippen MR) is 68.1 cm³/mol. The maximum absolute atomic E-state index is 12.0. The first-order valence-corrected chi connectivity index (χ1v) is 6.77. The second-order valence-electron chi connectivity index (χ2n) is 5.27. The molecule has 0 aromatic carbocycles. The van der Waals surface area contributed by atoms with Crippen molar-refractivity contribution in [2.45, 2.75) is 31.8 Å². The quantitative estimate of drug-likeness (QED) is 0.813. The fourth-order valence-corrected chi connectivity index (χ4v) is 2.52. The van der Waals surface area contributed by atoms with Crippen LogP contribution in [0.15, 0.2) is 18.7 Å². The Labute approximate surface area is 111 Å². The molecule has 1 saturated heterocycles. The molecule has 1 saturated carbocycles. The van der Waals surface area contributed by atoms with E-state index in [-0.39, 0.29) is 17.7 Å². The molecule has 1 atom stereocenters. The number of likely N-dealkylation sites (tertiary alicyclic amines) is 1.